The van der Waals surface area contributed by atoms with Crippen LogP contribution in [-0.2, 0) is 6.54 Å². The van der Waals surface area contributed by atoms with Gasteiger partial charge in [-0.05, 0) is 37.1 Å². The number of likely N-dealkylation sites (tertiary alicyclic amines) is 1. The van der Waals surface area contributed by atoms with Crippen LogP contribution in [0.3, 0.4) is 0 Å². The van der Waals surface area contributed by atoms with Crippen LogP contribution in [0.1, 0.15) is 12.0 Å². The molecule has 1 aromatic rings. The molecule has 0 bridgehead atoms. The first-order valence-corrected chi connectivity index (χ1v) is 6.68. The third-order valence-electron chi connectivity index (χ3n) is 3.26. The summed E-state index contributed by atoms with van der Waals surface area (Å²) < 4.78 is 6.44. The van der Waals surface area contributed by atoms with Crippen molar-refractivity contribution in [1.82, 2.24) is 4.90 Å². The molecule has 1 N–H and O–H groups in total. The Bertz CT molecular complexity index is 384. The van der Waals surface area contributed by atoms with E-state index in [-0.39, 0.29) is 0 Å². The topological polar surface area (TPSA) is 32.7 Å². The molecule has 1 aliphatic heterocycles. The highest BCUT2D eigenvalue weighted by atomic mass is 79.9. The smallest absolute Gasteiger partial charge is 0.123 e. The van der Waals surface area contributed by atoms with Gasteiger partial charge >= 0.3 is 0 Å². The van der Waals surface area contributed by atoms with Gasteiger partial charge in [-0.2, -0.15) is 0 Å². The molecule has 2 rings (SSSR count). The molecule has 1 atom stereocenters. The number of aliphatic hydroxyl groups is 1. The van der Waals surface area contributed by atoms with Gasteiger partial charge in [0.25, 0.3) is 0 Å². The summed E-state index contributed by atoms with van der Waals surface area (Å²) in [4.78, 5) is 2.37. The number of methoxy groups -OCH3 is 1. The van der Waals surface area contributed by atoms with E-state index in [1.54, 1.807) is 7.11 Å². The van der Waals surface area contributed by atoms with E-state index in [0.717, 1.165) is 36.3 Å². The average Bonchev–Trinajstić information content (AvgIpc) is 2.77. The maximum Gasteiger partial charge on any atom is 0.123 e. The minimum absolute atomic E-state index is 0.298. The molecule has 0 radical (unpaired) electrons. The number of hydrogen-bond acceptors (Lipinski definition) is 3. The summed E-state index contributed by atoms with van der Waals surface area (Å²) in [7, 11) is 1.70. The lowest BCUT2D eigenvalue weighted by Crippen LogP contribution is -2.21. The predicted octanol–water partition coefficient (Wildman–Crippen LogP) is 2.27. The van der Waals surface area contributed by atoms with Crippen molar-refractivity contribution < 1.29 is 9.84 Å². The summed E-state index contributed by atoms with van der Waals surface area (Å²) in [6.07, 6.45) is 1.09. The molecule has 1 unspecified atom stereocenters. The monoisotopic (exact) mass is 299 g/mol. The third kappa shape index (κ3) is 3.21. The fourth-order valence-electron chi connectivity index (χ4n) is 2.32. The van der Waals surface area contributed by atoms with Crippen molar-refractivity contribution in [3.8, 4) is 5.75 Å². The highest BCUT2D eigenvalue weighted by Crippen LogP contribution is 2.26. The zero-order valence-electron chi connectivity index (χ0n) is 10.0. The van der Waals surface area contributed by atoms with Crippen molar-refractivity contribution in [3.63, 3.8) is 0 Å². The van der Waals surface area contributed by atoms with E-state index in [1.165, 1.54) is 5.56 Å². The zero-order chi connectivity index (χ0) is 12.3. The van der Waals surface area contributed by atoms with E-state index in [9.17, 15) is 0 Å². The highest BCUT2D eigenvalue weighted by molar-refractivity contribution is 9.10. The second kappa shape index (κ2) is 5.85. The lowest BCUT2D eigenvalue weighted by atomic mass is 10.1. The summed E-state index contributed by atoms with van der Waals surface area (Å²) in [6.45, 7) is 3.22. The molecule has 1 fully saturated rings. The number of nitrogens with zero attached hydrogens (tertiary/aromatic N) is 1. The fraction of sp³-hybridized carbons (Fsp3) is 0.538. The van der Waals surface area contributed by atoms with Crippen molar-refractivity contribution in [1.29, 1.82) is 0 Å². The van der Waals surface area contributed by atoms with Gasteiger partial charge in [-0.1, -0.05) is 15.9 Å². The normalized spacial score (nSPS) is 20.8. The maximum atomic E-state index is 9.14. The molecule has 1 aromatic carbocycles. The number of benzene rings is 1. The standard InChI is InChI=1S/C13H18BrNO2/c1-17-13-3-2-12(14)6-11(13)8-15-5-4-10(7-15)9-16/h2-3,6,10,16H,4-5,7-9H2,1H3. The zero-order valence-corrected chi connectivity index (χ0v) is 11.6. The van der Waals surface area contributed by atoms with Crippen LogP contribution in [0.5, 0.6) is 5.75 Å². The quantitative estimate of drug-likeness (QED) is 0.926. The van der Waals surface area contributed by atoms with Gasteiger partial charge in [-0.3, -0.25) is 4.90 Å². The molecule has 0 aromatic heterocycles. The van der Waals surface area contributed by atoms with Crippen LogP contribution in [0.15, 0.2) is 22.7 Å². The van der Waals surface area contributed by atoms with Crippen LogP contribution in [0.2, 0.25) is 0 Å². The summed E-state index contributed by atoms with van der Waals surface area (Å²) in [5.74, 6) is 1.37. The van der Waals surface area contributed by atoms with E-state index in [4.69, 9.17) is 9.84 Å². The summed E-state index contributed by atoms with van der Waals surface area (Å²) in [6, 6.07) is 6.08. The van der Waals surface area contributed by atoms with Crippen LogP contribution in [0.4, 0.5) is 0 Å². The lowest BCUT2D eigenvalue weighted by molar-refractivity contribution is 0.219. The third-order valence-corrected chi connectivity index (χ3v) is 3.76. The number of halogens is 1. The van der Waals surface area contributed by atoms with E-state index in [0.29, 0.717) is 12.5 Å². The maximum absolute atomic E-state index is 9.14. The molecular formula is C13H18BrNO2. The summed E-state index contributed by atoms with van der Waals surface area (Å²) in [5, 5.41) is 9.14. The second-order valence-corrected chi connectivity index (χ2v) is 5.44. The number of hydrogen-bond donors (Lipinski definition) is 1. The van der Waals surface area contributed by atoms with Crippen LogP contribution in [0.25, 0.3) is 0 Å². The minimum Gasteiger partial charge on any atom is -0.496 e. The van der Waals surface area contributed by atoms with Gasteiger partial charge in [0, 0.05) is 29.7 Å². The van der Waals surface area contributed by atoms with E-state index < -0.39 is 0 Å². The molecule has 4 heteroatoms. The number of aliphatic hydroxyl groups excluding tert-OH is 1. The molecule has 0 saturated carbocycles. The lowest BCUT2D eigenvalue weighted by Gasteiger charge is -2.17. The van der Waals surface area contributed by atoms with Crippen LogP contribution < -0.4 is 4.74 Å². The molecule has 17 heavy (non-hydrogen) atoms. The van der Waals surface area contributed by atoms with Gasteiger partial charge in [-0.15, -0.1) is 0 Å². The van der Waals surface area contributed by atoms with Gasteiger partial charge in [-0.25, -0.2) is 0 Å². The Morgan fingerprint density at radius 2 is 2.35 bits per heavy atom. The molecule has 3 nitrogen and oxygen atoms in total. The SMILES string of the molecule is COc1ccc(Br)cc1CN1CCC(CO)C1. The highest BCUT2D eigenvalue weighted by Gasteiger charge is 2.22. The van der Waals surface area contributed by atoms with Crippen molar-refractivity contribution >= 4 is 15.9 Å². The Balaban J connectivity index is 2.05. The summed E-state index contributed by atoms with van der Waals surface area (Å²) >= 11 is 3.49. The molecule has 0 amide bonds. The largest absolute Gasteiger partial charge is 0.496 e. The molecule has 1 saturated heterocycles. The van der Waals surface area contributed by atoms with Gasteiger partial charge in [0.05, 0.1) is 7.11 Å². The Hall–Kier alpha value is -0.580. The first-order chi connectivity index (χ1) is 8.22. The van der Waals surface area contributed by atoms with Crippen LogP contribution in [-0.4, -0.2) is 36.8 Å². The Labute approximate surface area is 111 Å². The van der Waals surface area contributed by atoms with Gasteiger partial charge in [0.1, 0.15) is 5.75 Å². The molecule has 94 valence electrons. The van der Waals surface area contributed by atoms with Crippen molar-refractivity contribution in [3.05, 3.63) is 28.2 Å². The predicted molar refractivity (Wildman–Crippen MR) is 71.2 cm³/mol. The van der Waals surface area contributed by atoms with Crippen LogP contribution >= 0.6 is 15.9 Å². The number of ether oxygens (including phenoxy) is 1. The molecule has 0 aliphatic carbocycles. The number of rotatable bonds is 4. The molecule has 0 spiro atoms. The van der Waals surface area contributed by atoms with Gasteiger partial charge < -0.3 is 9.84 Å². The van der Waals surface area contributed by atoms with E-state index in [1.807, 2.05) is 12.1 Å². The average molecular weight is 300 g/mol. The second-order valence-electron chi connectivity index (χ2n) is 4.53. The summed E-state index contributed by atoms with van der Waals surface area (Å²) in [5.41, 5.74) is 1.19. The Morgan fingerprint density at radius 1 is 1.53 bits per heavy atom. The van der Waals surface area contributed by atoms with Crippen molar-refractivity contribution in [2.45, 2.75) is 13.0 Å². The molecule has 1 heterocycles. The molecular weight excluding hydrogens is 282 g/mol. The van der Waals surface area contributed by atoms with Gasteiger partial charge in [0.2, 0.25) is 0 Å². The molecule has 1 aliphatic rings. The minimum atomic E-state index is 0.298. The first kappa shape index (κ1) is 12.9. The Morgan fingerprint density at radius 3 is 3.00 bits per heavy atom. The van der Waals surface area contributed by atoms with E-state index >= 15 is 0 Å². The van der Waals surface area contributed by atoms with Gasteiger partial charge in [0.15, 0.2) is 0 Å². The van der Waals surface area contributed by atoms with Crippen LogP contribution in [0, 0.1) is 5.92 Å². The first-order valence-electron chi connectivity index (χ1n) is 5.88. The Kier molecular flexibility index (Phi) is 4.42. The fourth-order valence-corrected chi connectivity index (χ4v) is 2.73. The van der Waals surface area contributed by atoms with Crippen molar-refractivity contribution in [2.75, 3.05) is 26.8 Å². The van der Waals surface area contributed by atoms with E-state index in [2.05, 4.69) is 26.9 Å². The van der Waals surface area contributed by atoms with Crippen molar-refractivity contribution in [2.24, 2.45) is 5.92 Å².